The molecule has 0 aliphatic heterocycles. The van der Waals surface area contributed by atoms with E-state index in [0.717, 1.165) is 211 Å². The predicted octanol–water partition coefficient (Wildman–Crippen LogP) is 36.2. The van der Waals surface area contributed by atoms with Crippen LogP contribution < -0.4 is 9.80 Å². The Bertz CT molecular complexity index is 8530. The highest BCUT2D eigenvalue weighted by atomic mass is 16.3. The first-order valence-corrected chi connectivity index (χ1v) is 44.9. The highest BCUT2D eigenvalue weighted by Crippen LogP contribution is 2.47. The van der Waals surface area contributed by atoms with Crippen LogP contribution in [0.3, 0.4) is 0 Å². The minimum Gasteiger partial charge on any atom is -0.456 e. The van der Waals surface area contributed by atoms with E-state index in [-0.39, 0.29) is 0 Å². The zero-order valence-corrected chi connectivity index (χ0v) is 71.9. The molecule has 0 saturated heterocycles. The molecule has 0 aliphatic carbocycles. The van der Waals surface area contributed by atoms with Gasteiger partial charge in [-0.3, -0.25) is 0 Å². The second kappa shape index (κ2) is 33.6. The van der Waals surface area contributed by atoms with Crippen LogP contribution in [0.25, 0.3) is 210 Å². The van der Waals surface area contributed by atoms with Gasteiger partial charge in [0.2, 0.25) is 0 Å². The molecule has 0 aliphatic rings. The van der Waals surface area contributed by atoms with Crippen molar-refractivity contribution in [2.45, 2.75) is 0 Å². The molecule has 0 saturated carbocycles. The van der Waals surface area contributed by atoms with Crippen LogP contribution in [-0.2, 0) is 0 Å². The monoisotopic (exact) mass is 1690 g/mol. The van der Waals surface area contributed by atoms with Crippen molar-refractivity contribution >= 4 is 122 Å². The molecule has 0 bridgehead atoms. The van der Waals surface area contributed by atoms with Gasteiger partial charge in [-0.25, -0.2) is 0 Å². The van der Waals surface area contributed by atoms with Gasteiger partial charge in [-0.1, -0.05) is 340 Å². The van der Waals surface area contributed by atoms with Crippen molar-refractivity contribution < 1.29 is 17.7 Å². The molecule has 21 aromatic carbocycles. The topological polar surface area (TPSA) is 59.0 Å². The summed E-state index contributed by atoms with van der Waals surface area (Å²) in [6.45, 7) is 0. The van der Waals surface area contributed by atoms with Crippen molar-refractivity contribution in [2.75, 3.05) is 9.80 Å². The van der Waals surface area contributed by atoms with E-state index in [1.165, 1.54) is 33.4 Å². The second-order valence-electron chi connectivity index (χ2n) is 33.8. The third kappa shape index (κ3) is 14.9. The molecule has 4 aromatic heterocycles. The van der Waals surface area contributed by atoms with Gasteiger partial charge in [-0.15, -0.1) is 0 Å². The van der Waals surface area contributed by atoms with Crippen LogP contribution in [0.5, 0.6) is 0 Å². The van der Waals surface area contributed by atoms with Crippen LogP contribution in [0.2, 0.25) is 0 Å². The van der Waals surface area contributed by atoms with Gasteiger partial charge in [0.25, 0.3) is 0 Å². The van der Waals surface area contributed by atoms with E-state index in [9.17, 15) is 0 Å². The molecule has 0 fully saturated rings. The molecule has 620 valence electrons. The fraction of sp³-hybridized carbons (Fsp3) is 0. The molecular formula is C126H82N2O4. The molecular weight excluding hydrogens is 1610 g/mol. The van der Waals surface area contributed by atoms with E-state index in [0.29, 0.717) is 0 Å². The first-order chi connectivity index (χ1) is 65.4. The van der Waals surface area contributed by atoms with Crippen molar-refractivity contribution in [3.05, 3.63) is 497 Å². The third-order valence-electron chi connectivity index (χ3n) is 25.8. The number of fused-ring (bicyclic) bond motifs is 12. The molecule has 6 nitrogen and oxygen atoms in total. The zero-order chi connectivity index (χ0) is 87.4. The molecule has 6 heteroatoms. The fourth-order valence-electron chi connectivity index (χ4n) is 19.2. The number of nitrogens with zero attached hydrogens (tertiary/aromatic N) is 2. The molecule has 0 radical (unpaired) electrons. The standard InChI is InChI=1S/C66H43NO2.C60H39NO2/c1-3-12-44(13-4-1)46-26-33-54(34-27-46)67(55-35-28-47(29-36-55)45-14-5-2-6-15-45)56-17-11-16-50(40-56)48-22-24-49(25-23-48)57-37-30-51(52-31-38-65-61(42-52)58-18-7-9-20-63(58)68-65)41-60(57)53-32-39-66-62(43-53)59-19-8-10-21-64(59)69-66;1-3-13-40(14-4-1)43-15-11-19-49(35-43)61(48-17-5-2-6-18-48)50-20-12-16-44(36-50)41-25-27-42(28-26-41)51-32-29-45(46-30-33-59-55(38-46)52-21-7-9-23-57(52)62-59)37-54(51)47-31-34-60-56(39-47)53-22-8-10-24-58(53)63-60/h1-43H;1-39H. The maximum atomic E-state index is 6.28. The molecule has 0 spiro atoms. The Labute approximate surface area is 764 Å². The van der Waals surface area contributed by atoms with Gasteiger partial charge in [-0.2, -0.15) is 0 Å². The summed E-state index contributed by atoms with van der Waals surface area (Å²) < 4.78 is 24.9. The summed E-state index contributed by atoms with van der Waals surface area (Å²) in [6.07, 6.45) is 0. The molecule has 25 rings (SSSR count). The van der Waals surface area contributed by atoms with Crippen LogP contribution in [-0.4, -0.2) is 0 Å². The van der Waals surface area contributed by atoms with Gasteiger partial charge in [-0.05, 0) is 280 Å². The fourth-order valence-corrected chi connectivity index (χ4v) is 19.2. The van der Waals surface area contributed by atoms with Gasteiger partial charge in [0.05, 0.1) is 0 Å². The average Bonchev–Trinajstić information content (AvgIpc) is 1.56. The van der Waals surface area contributed by atoms with Crippen LogP contribution in [0.15, 0.2) is 515 Å². The second-order valence-corrected chi connectivity index (χ2v) is 33.8. The minimum absolute atomic E-state index is 0.883. The number of hydrogen-bond donors (Lipinski definition) is 0. The van der Waals surface area contributed by atoms with Crippen molar-refractivity contribution in [1.29, 1.82) is 0 Å². The smallest absolute Gasteiger partial charge is 0.135 e. The van der Waals surface area contributed by atoms with E-state index >= 15 is 0 Å². The lowest BCUT2D eigenvalue weighted by atomic mass is 9.89. The summed E-state index contributed by atoms with van der Waals surface area (Å²) in [5.41, 5.74) is 39.2. The maximum Gasteiger partial charge on any atom is 0.135 e. The number of para-hydroxylation sites is 5. The van der Waals surface area contributed by atoms with Gasteiger partial charge in [0.1, 0.15) is 44.7 Å². The summed E-state index contributed by atoms with van der Waals surface area (Å²) in [4.78, 5) is 4.69. The molecule has 132 heavy (non-hydrogen) atoms. The summed E-state index contributed by atoms with van der Waals surface area (Å²) in [5, 5.41) is 8.92. The largest absolute Gasteiger partial charge is 0.456 e. The van der Waals surface area contributed by atoms with Gasteiger partial charge >= 0.3 is 0 Å². The van der Waals surface area contributed by atoms with Crippen LogP contribution in [0.4, 0.5) is 34.1 Å². The van der Waals surface area contributed by atoms with Crippen molar-refractivity contribution in [3.63, 3.8) is 0 Å². The van der Waals surface area contributed by atoms with Gasteiger partial charge in [0, 0.05) is 77.2 Å². The normalized spacial score (nSPS) is 11.5. The summed E-state index contributed by atoms with van der Waals surface area (Å²) in [7, 11) is 0. The molecule has 25 aromatic rings. The van der Waals surface area contributed by atoms with Gasteiger partial charge in [0.15, 0.2) is 0 Å². The summed E-state index contributed by atoms with van der Waals surface area (Å²) in [5.74, 6) is 0. The number of hydrogen-bond acceptors (Lipinski definition) is 6. The average molecular weight is 1690 g/mol. The Kier molecular flexibility index (Phi) is 19.9. The van der Waals surface area contributed by atoms with E-state index in [4.69, 9.17) is 17.7 Å². The Morgan fingerprint density at radius 1 is 0.106 bits per heavy atom. The van der Waals surface area contributed by atoms with E-state index < -0.39 is 0 Å². The first-order valence-electron chi connectivity index (χ1n) is 44.9. The minimum atomic E-state index is 0.883. The Morgan fingerprint density at radius 3 is 0.659 bits per heavy atom. The first kappa shape index (κ1) is 77.9. The lowest BCUT2D eigenvalue weighted by molar-refractivity contribution is 0.668. The molecule has 0 N–H and O–H groups in total. The lowest BCUT2D eigenvalue weighted by Gasteiger charge is -2.26. The van der Waals surface area contributed by atoms with E-state index in [1.807, 2.05) is 48.5 Å². The Morgan fingerprint density at radius 2 is 0.311 bits per heavy atom. The number of benzene rings is 21. The highest BCUT2D eigenvalue weighted by Gasteiger charge is 2.23. The predicted molar refractivity (Wildman–Crippen MR) is 551 cm³/mol. The summed E-state index contributed by atoms with van der Waals surface area (Å²) >= 11 is 0. The molecule has 0 amide bonds. The van der Waals surface area contributed by atoms with Crippen LogP contribution >= 0.6 is 0 Å². The van der Waals surface area contributed by atoms with Crippen LogP contribution in [0, 0.1) is 0 Å². The highest BCUT2D eigenvalue weighted by molar-refractivity contribution is 6.11. The quantitative estimate of drug-likeness (QED) is 0.0905. The SMILES string of the molecule is c1ccc(-c2ccc(N(c3ccc(-c4ccccc4)cc3)c3cccc(-c4ccc(-c5ccc(-c6ccc7oc8ccccc8c7c6)cc5-c5ccc6oc7ccccc7c6c5)cc4)c3)cc2)cc1.c1ccc(-c2cccc(N(c3ccccc3)c3cccc(-c4ccc(-c5ccc(-c6ccc7oc8ccccc8c7c6)cc5-c5ccc6oc7ccccc7c6c5)cc4)c3)c2)cc1. The number of rotatable bonds is 17. The van der Waals surface area contributed by atoms with Crippen molar-refractivity contribution in [3.8, 4) is 122 Å². The third-order valence-corrected chi connectivity index (χ3v) is 25.8. The van der Waals surface area contributed by atoms with Crippen molar-refractivity contribution in [1.82, 2.24) is 0 Å². The molecule has 0 atom stereocenters. The Hall–Kier alpha value is -17.6. The number of furan rings is 4. The maximum absolute atomic E-state index is 6.28. The Balaban J connectivity index is 0.000000146. The van der Waals surface area contributed by atoms with E-state index in [1.54, 1.807) is 0 Å². The van der Waals surface area contributed by atoms with E-state index in [2.05, 4.69) is 459 Å². The number of anilines is 6. The van der Waals surface area contributed by atoms with Crippen LogP contribution in [0.1, 0.15) is 0 Å². The lowest BCUT2D eigenvalue weighted by Crippen LogP contribution is -2.10. The van der Waals surface area contributed by atoms with Gasteiger partial charge < -0.3 is 27.5 Å². The molecule has 4 heterocycles. The zero-order valence-electron chi connectivity index (χ0n) is 71.9. The molecule has 0 unspecified atom stereocenters. The van der Waals surface area contributed by atoms with Crippen molar-refractivity contribution in [2.24, 2.45) is 0 Å². The summed E-state index contributed by atoms with van der Waals surface area (Å²) in [6, 6.07) is 178.